The molecule has 0 aliphatic rings. The maximum atomic E-state index is 10.5. The van der Waals surface area contributed by atoms with E-state index >= 15 is 0 Å². The Bertz CT molecular complexity index is 399. The Morgan fingerprint density at radius 2 is 2.53 bits per heavy atom. The van der Waals surface area contributed by atoms with Gasteiger partial charge in [0.2, 0.25) is 5.91 Å². The molecule has 0 bridgehead atoms. The Kier molecular flexibility index (Phi) is 3.60. The molecule has 1 amide bonds. The molecule has 0 aromatic carbocycles. The summed E-state index contributed by atoms with van der Waals surface area (Å²) in [4.78, 5) is 14.3. The molecule has 1 aromatic rings. The summed E-state index contributed by atoms with van der Waals surface area (Å²) in [6.07, 6.45) is 0.209. The average Bonchev–Trinajstić information content (AvgIpc) is 2.26. The Labute approximate surface area is 86.3 Å². The first-order valence-corrected chi connectivity index (χ1v) is 4.21. The van der Waals surface area contributed by atoms with Gasteiger partial charge in [-0.1, -0.05) is 0 Å². The predicted octanol–water partition coefficient (Wildman–Crippen LogP) is -0.789. The molecule has 1 rings (SSSR count). The number of amides is 1. The summed E-state index contributed by atoms with van der Waals surface area (Å²) in [7, 11) is 0. The van der Waals surface area contributed by atoms with E-state index in [1.807, 2.05) is 6.07 Å². The van der Waals surface area contributed by atoms with Crippen LogP contribution in [-0.4, -0.2) is 28.6 Å². The highest BCUT2D eigenvalue weighted by Gasteiger charge is 2.09. The second-order valence-electron chi connectivity index (χ2n) is 2.84. The van der Waals surface area contributed by atoms with Gasteiger partial charge in [0.1, 0.15) is 17.9 Å². The highest BCUT2D eigenvalue weighted by Crippen LogP contribution is 2.06. The number of nitrogens with zero attached hydrogens (tertiary/aromatic N) is 2. The summed E-state index contributed by atoms with van der Waals surface area (Å²) in [6, 6.07) is 5.00. The largest absolute Gasteiger partial charge is 0.382 e. The van der Waals surface area contributed by atoms with Gasteiger partial charge in [0.15, 0.2) is 0 Å². The number of nitriles is 1. The first kappa shape index (κ1) is 10.9. The van der Waals surface area contributed by atoms with Crippen molar-refractivity contribution in [2.24, 2.45) is 5.73 Å². The van der Waals surface area contributed by atoms with E-state index in [1.54, 1.807) is 6.07 Å². The fraction of sp³-hybridized carbons (Fsp3) is 0.222. The molecule has 1 unspecified atom stereocenters. The van der Waals surface area contributed by atoms with Crippen molar-refractivity contribution in [1.29, 1.82) is 5.26 Å². The highest BCUT2D eigenvalue weighted by molar-refractivity contribution is 5.79. The molecule has 4 N–H and O–H groups in total. The van der Waals surface area contributed by atoms with Crippen LogP contribution in [0.5, 0.6) is 0 Å². The van der Waals surface area contributed by atoms with Gasteiger partial charge >= 0.3 is 0 Å². The van der Waals surface area contributed by atoms with E-state index in [0.29, 0.717) is 5.69 Å². The van der Waals surface area contributed by atoms with Crippen LogP contribution in [0.2, 0.25) is 0 Å². The van der Waals surface area contributed by atoms with Crippen LogP contribution < -0.4 is 11.1 Å². The monoisotopic (exact) mass is 206 g/mol. The molecular weight excluding hydrogens is 196 g/mol. The van der Waals surface area contributed by atoms with Gasteiger partial charge in [0.25, 0.3) is 0 Å². The third-order valence-corrected chi connectivity index (χ3v) is 1.70. The summed E-state index contributed by atoms with van der Waals surface area (Å²) in [6.45, 7) is 0.00418. The molecule has 0 aliphatic carbocycles. The number of carbonyl (C=O) groups excluding carboxylic acids is 1. The van der Waals surface area contributed by atoms with Crippen LogP contribution in [0, 0.1) is 11.3 Å². The lowest BCUT2D eigenvalue weighted by Gasteiger charge is -2.09. The number of hydrogen-bond donors (Lipinski definition) is 3. The van der Waals surface area contributed by atoms with Crippen LogP contribution in [0.1, 0.15) is 5.69 Å². The minimum atomic E-state index is -1.25. The number of primary amides is 1. The summed E-state index contributed by atoms with van der Waals surface area (Å²) < 4.78 is 0. The van der Waals surface area contributed by atoms with Gasteiger partial charge in [-0.05, 0) is 12.1 Å². The lowest BCUT2D eigenvalue weighted by Crippen LogP contribution is -2.34. The van der Waals surface area contributed by atoms with E-state index in [1.165, 1.54) is 12.3 Å². The molecule has 0 aliphatic heterocycles. The fourth-order valence-corrected chi connectivity index (χ4v) is 0.917. The Balaban J connectivity index is 2.58. The molecule has 0 saturated carbocycles. The van der Waals surface area contributed by atoms with Crippen molar-refractivity contribution >= 4 is 11.6 Å². The summed E-state index contributed by atoms with van der Waals surface area (Å²) in [5.74, 6) is -0.794. The number of carbonyl (C=O) groups is 1. The van der Waals surface area contributed by atoms with E-state index in [2.05, 4.69) is 10.3 Å². The fourth-order valence-electron chi connectivity index (χ4n) is 0.917. The van der Waals surface area contributed by atoms with Gasteiger partial charge in [0, 0.05) is 18.4 Å². The van der Waals surface area contributed by atoms with Gasteiger partial charge in [-0.25, -0.2) is 4.98 Å². The van der Waals surface area contributed by atoms with Crippen molar-refractivity contribution in [2.45, 2.75) is 6.10 Å². The van der Waals surface area contributed by atoms with Crippen molar-refractivity contribution in [3.8, 4) is 6.07 Å². The van der Waals surface area contributed by atoms with Crippen LogP contribution in [0.15, 0.2) is 18.3 Å². The van der Waals surface area contributed by atoms with E-state index in [-0.39, 0.29) is 12.2 Å². The Morgan fingerprint density at radius 3 is 3.13 bits per heavy atom. The van der Waals surface area contributed by atoms with Gasteiger partial charge in [-0.3, -0.25) is 4.79 Å². The van der Waals surface area contributed by atoms with E-state index < -0.39 is 12.0 Å². The third kappa shape index (κ3) is 3.25. The zero-order chi connectivity index (χ0) is 11.3. The first-order valence-electron chi connectivity index (χ1n) is 4.21. The van der Waals surface area contributed by atoms with Gasteiger partial charge in [-0.2, -0.15) is 5.26 Å². The quantitative estimate of drug-likeness (QED) is 0.597. The van der Waals surface area contributed by atoms with Crippen molar-refractivity contribution in [3.63, 3.8) is 0 Å². The molecule has 0 saturated heterocycles. The zero-order valence-corrected chi connectivity index (χ0v) is 7.84. The molecule has 6 heteroatoms. The van der Waals surface area contributed by atoms with Crippen molar-refractivity contribution in [3.05, 3.63) is 24.0 Å². The van der Waals surface area contributed by atoms with E-state index in [0.717, 1.165) is 0 Å². The van der Waals surface area contributed by atoms with Crippen LogP contribution >= 0.6 is 0 Å². The summed E-state index contributed by atoms with van der Waals surface area (Å²) in [5.41, 5.74) is 5.72. The molecule has 1 aromatic heterocycles. The van der Waals surface area contributed by atoms with Gasteiger partial charge < -0.3 is 16.2 Å². The number of rotatable bonds is 4. The number of aliphatic hydroxyl groups excluding tert-OH is 1. The second-order valence-corrected chi connectivity index (χ2v) is 2.84. The lowest BCUT2D eigenvalue weighted by atomic mass is 10.3. The maximum absolute atomic E-state index is 10.5. The number of nitrogens with one attached hydrogen (secondary N) is 1. The molecule has 0 radical (unpaired) electrons. The second kappa shape index (κ2) is 4.93. The predicted molar refractivity (Wildman–Crippen MR) is 52.6 cm³/mol. The van der Waals surface area contributed by atoms with E-state index in [9.17, 15) is 4.79 Å². The van der Waals surface area contributed by atoms with Gasteiger partial charge in [0.05, 0.1) is 0 Å². The molecule has 1 atom stereocenters. The van der Waals surface area contributed by atoms with Gasteiger partial charge in [-0.15, -0.1) is 0 Å². The van der Waals surface area contributed by atoms with Crippen molar-refractivity contribution in [2.75, 3.05) is 11.9 Å². The number of anilines is 1. The number of aromatic nitrogens is 1. The molecule has 6 nitrogen and oxygen atoms in total. The van der Waals surface area contributed by atoms with Crippen LogP contribution in [0.3, 0.4) is 0 Å². The molecule has 0 fully saturated rings. The molecule has 15 heavy (non-hydrogen) atoms. The Hall–Kier alpha value is -2.13. The Morgan fingerprint density at radius 1 is 1.80 bits per heavy atom. The first-order chi connectivity index (χ1) is 7.13. The molecule has 0 spiro atoms. The summed E-state index contributed by atoms with van der Waals surface area (Å²) in [5, 5.41) is 20.4. The number of pyridine rings is 1. The normalized spacial score (nSPS) is 11.5. The van der Waals surface area contributed by atoms with Crippen molar-refractivity contribution < 1.29 is 9.90 Å². The minimum Gasteiger partial charge on any atom is -0.382 e. The van der Waals surface area contributed by atoms with Crippen LogP contribution in [-0.2, 0) is 4.79 Å². The number of nitrogens with two attached hydrogens (primary N) is 1. The zero-order valence-electron chi connectivity index (χ0n) is 7.84. The average molecular weight is 206 g/mol. The molecule has 78 valence electrons. The number of aliphatic hydroxyl groups is 1. The SMILES string of the molecule is N#Cc1cc(NCC(O)C(N)=O)ccn1. The highest BCUT2D eigenvalue weighted by atomic mass is 16.3. The topological polar surface area (TPSA) is 112 Å². The standard InChI is InChI=1S/C9H10N4O2/c10-4-7-3-6(1-2-12-7)13-5-8(14)9(11)15/h1-3,8,14H,5H2,(H2,11,15)(H,12,13). The molecule has 1 heterocycles. The molecular formula is C9H10N4O2. The minimum absolute atomic E-state index is 0.00418. The smallest absolute Gasteiger partial charge is 0.248 e. The lowest BCUT2D eigenvalue weighted by molar-refractivity contribution is -0.125. The van der Waals surface area contributed by atoms with Crippen LogP contribution in [0.4, 0.5) is 5.69 Å². The van der Waals surface area contributed by atoms with Crippen LogP contribution in [0.25, 0.3) is 0 Å². The third-order valence-electron chi connectivity index (χ3n) is 1.70. The maximum Gasteiger partial charge on any atom is 0.248 e. The number of hydrogen-bond acceptors (Lipinski definition) is 5. The van der Waals surface area contributed by atoms with Crippen molar-refractivity contribution in [1.82, 2.24) is 4.98 Å². The summed E-state index contributed by atoms with van der Waals surface area (Å²) >= 11 is 0. The van der Waals surface area contributed by atoms with E-state index in [4.69, 9.17) is 16.1 Å².